The fraction of sp³-hybridized carbons (Fsp3) is 0.733. The lowest BCUT2D eigenvalue weighted by Gasteiger charge is -2.34. The van der Waals surface area contributed by atoms with Crippen molar-refractivity contribution in [1.82, 2.24) is 4.31 Å². The number of aryl methyl sites for hydroxylation is 2. The maximum absolute atomic E-state index is 13.1. The van der Waals surface area contributed by atoms with Crippen LogP contribution < -0.4 is 5.73 Å². The molecule has 1 aromatic heterocycles. The van der Waals surface area contributed by atoms with Gasteiger partial charge in [0.25, 0.3) is 0 Å². The Morgan fingerprint density at radius 1 is 1.29 bits per heavy atom. The van der Waals surface area contributed by atoms with Crippen molar-refractivity contribution >= 4 is 10.0 Å². The molecule has 6 heteroatoms. The summed E-state index contributed by atoms with van der Waals surface area (Å²) in [5.41, 5.74) is 6.36. The zero-order valence-electron chi connectivity index (χ0n) is 13.2. The predicted octanol–water partition coefficient (Wildman–Crippen LogP) is 2.70. The van der Waals surface area contributed by atoms with Crippen LogP contribution in [0.4, 0.5) is 0 Å². The van der Waals surface area contributed by atoms with E-state index in [1.807, 2.05) is 0 Å². The monoisotopic (exact) mass is 314 g/mol. The van der Waals surface area contributed by atoms with E-state index < -0.39 is 10.0 Å². The molecule has 2 rings (SSSR count). The molecule has 0 bridgehead atoms. The van der Waals surface area contributed by atoms with Crippen LogP contribution in [0.25, 0.3) is 0 Å². The number of furan rings is 1. The highest BCUT2D eigenvalue weighted by Crippen LogP contribution is 2.33. The molecule has 120 valence electrons. The van der Waals surface area contributed by atoms with Crippen molar-refractivity contribution in [3.63, 3.8) is 0 Å². The molecule has 2 N–H and O–H groups in total. The van der Waals surface area contributed by atoms with Crippen LogP contribution in [0.15, 0.2) is 9.31 Å². The van der Waals surface area contributed by atoms with Gasteiger partial charge in [0.2, 0.25) is 10.0 Å². The van der Waals surface area contributed by atoms with Crippen LogP contribution in [0, 0.1) is 13.8 Å². The molecular formula is C15H26N2O3S. The minimum Gasteiger partial charge on any atom is -0.465 e. The van der Waals surface area contributed by atoms with Crippen LogP contribution in [0.2, 0.25) is 0 Å². The van der Waals surface area contributed by atoms with Crippen molar-refractivity contribution in [2.45, 2.75) is 70.4 Å². The molecule has 1 unspecified atom stereocenters. The first-order valence-corrected chi connectivity index (χ1v) is 9.18. The lowest BCUT2D eigenvalue weighted by atomic mass is 10.0. The second-order valence-electron chi connectivity index (χ2n) is 5.78. The Kier molecular flexibility index (Phi) is 5.11. The molecule has 1 saturated heterocycles. The first-order valence-electron chi connectivity index (χ1n) is 7.74. The molecule has 0 radical (unpaired) electrons. The first kappa shape index (κ1) is 16.5. The molecule has 1 aliphatic heterocycles. The summed E-state index contributed by atoms with van der Waals surface area (Å²) >= 11 is 0. The van der Waals surface area contributed by atoms with Crippen LogP contribution in [0.5, 0.6) is 0 Å². The van der Waals surface area contributed by atoms with E-state index in [0.29, 0.717) is 28.5 Å². The molecule has 2 heterocycles. The molecule has 0 aliphatic carbocycles. The molecule has 0 spiro atoms. The Morgan fingerprint density at radius 2 is 2.00 bits per heavy atom. The second-order valence-corrected chi connectivity index (χ2v) is 7.61. The highest BCUT2D eigenvalue weighted by Gasteiger charge is 2.37. The summed E-state index contributed by atoms with van der Waals surface area (Å²) in [6.07, 6.45) is 4.87. The minimum atomic E-state index is -3.53. The summed E-state index contributed by atoms with van der Waals surface area (Å²) < 4.78 is 33.4. The van der Waals surface area contributed by atoms with Gasteiger partial charge in [0.1, 0.15) is 16.4 Å². The summed E-state index contributed by atoms with van der Waals surface area (Å²) in [7, 11) is -3.53. The van der Waals surface area contributed by atoms with Gasteiger partial charge in [-0.05, 0) is 33.1 Å². The summed E-state index contributed by atoms with van der Waals surface area (Å²) in [5.74, 6) is 1.06. The maximum Gasteiger partial charge on any atom is 0.247 e. The number of sulfonamides is 1. The number of nitrogens with zero attached hydrogens (tertiary/aromatic N) is 1. The van der Waals surface area contributed by atoms with Gasteiger partial charge >= 0.3 is 0 Å². The summed E-state index contributed by atoms with van der Waals surface area (Å²) in [6.45, 7) is 6.36. The first-order chi connectivity index (χ1) is 9.93. The van der Waals surface area contributed by atoms with Crippen LogP contribution >= 0.6 is 0 Å². The summed E-state index contributed by atoms with van der Waals surface area (Å²) in [4.78, 5) is 0.297. The topological polar surface area (TPSA) is 76.5 Å². The van der Waals surface area contributed by atoms with Crippen LogP contribution in [0.1, 0.15) is 56.1 Å². The van der Waals surface area contributed by atoms with Crippen molar-refractivity contribution in [1.29, 1.82) is 0 Å². The van der Waals surface area contributed by atoms with E-state index in [9.17, 15) is 8.42 Å². The van der Waals surface area contributed by atoms with Crippen LogP contribution in [-0.2, 0) is 16.6 Å². The Balaban J connectivity index is 2.45. The Labute approximate surface area is 127 Å². The zero-order valence-corrected chi connectivity index (χ0v) is 14.0. The highest BCUT2D eigenvalue weighted by atomic mass is 32.2. The van der Waals surface area contributed by atoms with Gasteiger partial charge in [-0.3, -0.25) is 0 Å². The summed E-state index contributed by atoms with van der Waals surface area (Å²) in [5, 5.41) is 0. The Morgan fingerprint density at radius 3 is 2.62 bits per heavy atom. The molecular weight excluding hydrogens is 288 g/mol. The quantitative estimate of drug-likeness (QED) is 0.906. The van der Waals surface area contributed by atoms with Gasteiger partial charge < -0.3 is 10.2 Å². The largest absolute Gasteiger partial charge is 0.465 e. The molecule has 1 aliphatic rings. The number of nitrogens with two attached hydrogens (primary N) is 1. The van der Waals surface area contributed by atoms with E-state index in [2.05, 4.69) is 6.92 Å². The fourth-order valence-electron chi connectivity index (χ4n) is 3.31. The molecule has 0 amide bonds. The number of piperidine rings is 1. The Bertz CT molecular complexity index is 590. The van der Waals surface area contributed by atoms with Gasteiger partial charge in [-0.25, -0.2) is 8.42 Å². The van der Waals surface area contributed by atoms with E-state index >= 15 is 0 Å². The molecule has 0 saturated carbocycles. The van der Waals surface area contributed by atoms with E-state index in [4.69, 9.17) is 10.2 Å². The van der Waals surface area contributed by atoms with E-state index in [1.165, 1.54) is 0 Å². The van der Waals surface area contributed by atoms with E-state index in [1.54, 1.807) is 18.2 Å². The van der Waals surface area contributed by atoms with Crippen molar-refractivity contribution < 1.29 is 12.8 Å². The van der Waals surface area contributed by atoms with Gasteiger partial charge in [-0.15, -0.1) is 0 Å². The van der Waals surface area contributed by atoms with Crippen molar-refractivity contribution in [2.75, 3.05) is 6.54 Å². The average molecular weight is 314 g/mol. The molecule has 21 heavy (non-hydrogen) atoms. The van der Waals surface area contributed by atoms with Gasteiger partial charge in [-0.2, -0.15) is 4.31 Å². The van der Waals surface area contributed by atoms with Crippen LogP contribution in [0.3, 0.4) is 0 Å². The fourth-order valence-corrected chi connectivity index (χ4v) is 5.46. The van der Waals surface area contributed by atoms with Crippen LogP contribution in [-0.4, -0.2) is 25.3 Å². The minimum absolute atomic E-state index is 0.106. The van der Waals surface area contributed by atoms with Crippen molar-refractivity contribution in [3.05, 3.63) is 17.1 Å². The number of rotatable bonds is 5. The smallest absolute Gasteiger partial charge is 0.247 e. The van der Waals surface area contributed by atoms with Crippen molar-refractivity contribution in [3.8, 4) is 0 Å². The Hall–Kier alpha value is -0.850. The SMILES string of the molecule is CCCC1CCCCN1S(=O)(=O)c1c(C)oc(C)c1CN. The highest BCUT2D eigenvalue weighted by molar-refractivity contribution is 7.89. The van der Waals surface area contributed by atoms with Gasteiger partial charge in [0, 0.05) is 24.7 Å². The number of hydrogen-bond acceptors (Lipinski definition) is 4. The third-order valence-electron chi connectivity index (χ3n) is 4.29. The van der Waals surface area contributed by atoms with E-state index in [0.717, 1.165) is 32.1 Å². The maximum atomic E-state index is 13.1. The zero-order chi connectivity index (χ0) is 15.6. The van der Waals surface area contributed by atoms with Gasteiger partial charge in [0.05, 0.1) is 0 Å². The molecule has 0 aromatic carbocycles. The van der Waals surface area contributed by atoms with Gasteiger partial charge in [0.15, 0.2) is 0 Å². The lowest BCUT2D eigenvalue weighted by Crippen LogP contribution is -2.43. The molecule has 1 atom stereocenters. The molecule has 1 aromatic rings. The average Bonchev–Trinajstić information content (AvgIpc) is 2.74. The number of hydrogen-bond donors (Lipinski definition) is 1. The summed E-state index contributed by atoms with van der Waals surface area (Å²) in [6, 6.07) is 0.106. The molecule has 5 nitrogen and oxygen atoms in total. The standard InChI is InChI=1S/C15H26N2O3S/c1-4-7-13-8-5-6-9-17(13)21(18,19)15-12(3)20-11(2)14(15)10-16/h13H,4-10,16H2,1-3H3. The van der Waals surface area contributed by atoms with E-state index in [-0.39, 0.29) is 12.6 Å². The molecule has 1 fully saturated rings. The normalized spacial score (nSPS) is 20.9. The third kappa shape index (κ3) is 3.03. The third-order valence-corrected chi connectivity index (χ3v) is 6.44. The second kappa shape index (κ2) is 6.50. The van der Waals surface area contributed by atoms with Crippen molar-refractivity contribution in [2.24, 2.45) is 5.73 Å². The van der Waals surface area contributed by atoms with Gasteiger partial charge in [-0.1, -0.05) is 19.8 Å². The lowest BCUT2D eigenvalue weighted by molar-refractivity contribution is 0.239. The predicted molar refractivity (Wildman–Crippen MR) is 82.5 cm³/mol.